The van der Waals surface area contributed by atoms with Crippen molar-refractivity contribution in [3.8, 4) is 0 Å². The number of nitro groups is 1. The normalized spacial score (nSPS) is 15.2. The van der Waals surface area contributed by atoms with Crippen LogP contribution in [0.15, 0.2) is 18.2 Å². The topological polar surface area (TPSA) is 91.7 Å². The summed E-state index contributed by atoms with van der Waals surface area (Å²) in [5.41, 5.74) is 3.10. The van der Waals surface area contributed by atoms with Crippen molar-refractivity contribution >= 4 is 28.7 Å². The van der Waals surface area contributed by atoms with Crippen LogP contribution in [0.25, 0.3) is 0 Å². The van der Waals surface area contributed by atoms with Gasteiger partial charge in [-0.05, 0) is 37.3 Å². The molecule has 1 aromatic rings. The van der Waals surface area contributed by atoms with Crippen molar-refractivity contribution in [2.75, 3.05) is 44.8 Å². The van der Waals surface area contributed by atoms with Gasteiger partial charge in [-0.1, -0.05) is 0 Å². The largest absolute Gasteiger partial charge is 0.416 e. The van der Waals surface area contributed by atoms with Crippen LogP contribution in [0.3, 0.4) is 0 Å². The van der Waals surface area contributed by atoms with Crippen molar-refractivity contribution in [2.45, 2.75) is 12.6 Å². The molecule has 3 N–H and O–H groups in total. The third-order valence-electron chi connectivity index (χ3n) is 3.87. The number of morpholine rings is 1. The maximum Gasteiger partial charge on any atom is 0.416 e. The van der Waals surface area contributed by atoms with Crippen LogP contribution >= 0.6 is 12.2 Å². The van der Waals surface area contributed by atoms with E-state index in [1.54, 1.807) is 0 Å². The first-order valence-corrected chi connectivity index (χ1v) is 8.64. The summed E-state index contributed by atoms with van der Waals surface area (Å²) >= 11 is 5.05. The van der Waals surface area contributed by atoms with Gasteiger partial charge in [0.05, 0.1) is 23.7 Å². The molecule has 0 saturated carbocycles. The Balaban J connectivity index is 1.79. The molecule has 27 heavy (non-hydrogen) atoms. The van der Waals surface area contributed by atoms with Gasteiger partial charge in [0.15, 0.2) is 5.11 Å². The van der Waals surface area contributed by atoms with E-state index in [1.807, 2.05) is 0 Å². The van der Waals surface area contributed by atoms with Gasteiger partial charge in [0.2, 0.25) is 0 Å². The van der Waals surface area contributed by atoms with E-state index in [1.165, 1.54) is 0 Å². The van der Waals surface area contributed by atoms with Crippen molar-refractivity contribution in [1.82, 2.24) is 15.6 Å². The van der Waals surface area contributed by atoms with Crippen LogP contribution in [-0.2, 0) is 10.9 Å². The second-order valence-corrected chi connectivity index (χ2v) is 6.21. The number of nitrogens with zero attached hydrogens (tertiary/aromatic N) is 2. The number of hydrazine groups is 1. The van der Waals surface area contributed by atoms with E-state index in [2.05, 4.69) is 21.1 Å². The lowest BCUT2D eigenvalue weighted by molar-refractivity contribution is -0.384. The molecule has 1 saturated heterocycles. The second kappa shape index (κ2) is 9.67. The van der Waals surface area contributed by atoms with Crippen LogP contribution in [0.5, 0.6) is 0 Å². The van der Waals surface area contributed by atoms with E-state index in [4.69, 9.17) is 17.0 Å². The number of ether oxygens (including phenoxy) is 1. The average Bonchev–Trinajstić information content (AvgIpc) is 2.63. The standard InChI is InChI=1S/C15H20F3N5O3S/c16-15(17,18)11-2-3-12(13(10-11)23(24)25)20-21-14(27)19-4-1-5-22-6-8-26-9-7-22/h2-3,10,20H,1,4-9H2,(H2,19,21,27). The Labute approximate surface area is 159 Å². The van der Waals surface area contributed by atoms with Gasteiger partial charge in [-0.2, -0.15) is 13.2 Å². The molecular weight excluding hydrogens is 387 g/mol. The number of hydrogen-bond donors (Lipinski definition) is 3. The molecule has 12 heteroatoms. The van der Waals surface area contributed by atoms with Gasteiger partial charge in [0.25, 0.3) is 5.69 Å². The number of nitrogens with one attached hydrogen (secondary N) is 3. The molecule has 0 spiro atoms. The highest BCUT2D eigenvalue weighted by Gasteiger charge is 2.33. The predicted octanol–water partition coefficient (Wildman–Crippen LogP) is 2.13. The summed E-state index contributed by atoms with van der Waals surface area (Å²) in [4.78, 5) is 12.4. The van der Waals surface area contributed by atoms with Crippen molar-refractivity contribution in [3.63, 3.8) is 0 Å². The molecular formula is C15H20F3N5O3S. The number of nitro benzene ring substituents is 1. The lowest BCUT2D eigenvalue weighted by Gasteiger charge is -2.26. The molecule has 1 aromatic carbocycles. The molecule has 0 aliphatic carbocycles. The summed E-state index contributed by atoms with van der Waals surface area (Å²) in [7, 11) is 0. The predicted molar refractivity (Wildman–Crippen MR) is 97.3 cm³/mol. The molecule has 1 heterocycles. The van der Waals surface area contributed by atoms with Crippen LogP contribution in [0.1, 0.15) is 12.0 Å². The van der Waals surface area contributed by atoms with Crippen LogP contribution in [0, 0.1) is 10.1 Å². The van der Waals surface area contributed by atoms with Gasteiger partial charge in [0, 0.05) is 25.7 Å². The summed E-state index contributed by atoms with van der Waals surface area (Å²) in [6.07, 6.45) is -3.82. The summed E-state index contributed by atoms with van der Waals surface area (Å²) in [6, 6.07) is 2.22. The maximum absolute atomic E-state index is 12.7. The van der Waals surface area contributed by atoms with Gasteiger partial charge in [-0.15, -0.1) is 0 Å². The molecule has 0 bridgehead atoms. The SMILES string of the molecule is O=[N+]([O-])c1cc(C(F)(F)F)ccc1NNC(=S)NCCCN1CCOCC1. The number of rotatable bonds is 7. The van der Waals surface area contributed by atoms with E-state index >= 15 is 0 Å². The number of thiocarbonyl (C=S) groups is 1. The Kier molecular flexibility index (Phi) is 7.56. The average molecular weight is 407 g/mol. The highest BCUT2D eigenvalue weighted by molar-refractivity contribution is 7.80. The summed E-state index contributed by atoms with van der Waals surface area (Å²) in [5, 5.41) is 14.1. The monoisotopic (exact) mass is 407 g/mol. The minimum Gasteiger partial charge on any atom is -0.379 e. The number of halogens is 3. The van der Waals surface area contributed by atoms with Gasteiger partial charge >= 0.3 is 6.18 Å². The fourth-order valence-electron chi connectivity index (χ4n) is 2.46. The number of alkyl halides is 3. The van der Waals surface area contributed by atoms with Crippen LogP contribution in [0.2, 0.25) is 0 Å². The molecule has 150 valence electrons. The maximum atomic E-state index is 12.7. The minimum absolute atomic E-state index is 0.120. The van der Waals surface area contributed by atoms with Crippen LogP contribution in [0.4, 0.5) is 24.5 Å². The zero-order valence-electron chi connectivity index (χ0n) is 14.3. The van der Waals surface area contributed by atoms with E-state index < -0.39 is 22.4 Å². The van der Waals surface area contributed by atoms with Gasteiger partial charge in [-0.3, -0.25) is 25.9 Å². The number of benzene rings is 1. The fourth-order valence-corrected chi connectivity index (χ4v) is 2.62. The Morgan fingerprint density at radius 2 is 2.04 bits per heavy atom. The minimum atomic E-state index is -4.66. The third kappa shape index (κ3) is 6.81. The van der Waals surface area contributed by atoms with E-state index in [-0.39, 0.29) is 10.8 Å². The highest BCUT2D eigenvalue weighted by Crippen LogP contribution is 2.34. The van der Waals surface area contributed by atoms with Crippen LogP contribution < -0.4 is 16.2 Å². The fraction of sp³-hybridized carbons (Fsp3) is 0.533. The van der Waals surface area contributed by atoms with Crippen molar-refractivity contribution in [3.05, 3.63) is 33.9 Å². The first kappa shape index (κ1) is 21.1. The smallest absolute Gasteiger partial charge is 0.379 e. The molecule has 0 radical (unpaired) electrons. The molecule has 1 aliphatic rings. The molecule has 1 fully saturated rings. The van der Waals surface area contributed by atoms with Crippen molar-refractivity contribution < 1.29 is 22.8 Å². The molecule has 2 rings (SSSR count). The van der Waals surface area contributed by atoms with Gasteiger partial charge in [0.1, 0.15) is 5.69 Å². The van der Waals surface area contributed by atoms with Gasteiger partial charge in [-0.25, -0.2) is 0 Å². The Morgan fingerprint density at radius 1 is 1.33 bits per heavy atom. The Bertz CT molecular complexity index is 669. The third-order valence-corrected chi connectivity index (χ3v) is 4.12. The zero-order valence-corrected chi connectivity index (χ0v) is 15.2. The van der Waals surface area contributed by atoms with E-state index in [0.717, 1.165) is 51.4 Å². The molecule has 1 aliphatic heterocycles. The molecule has 0 unspecified atom stereocenters. The molecule has 0 atom stereocenters. The summed E-state index contributed by atoms with van der Waals surface area (Å²) < 4.78 is 43.3. The van der Waals surface area contributed by atoms with Crippen molar-refractivity contribution in [1.29, 1.82) is 0 Å². The first-order chi connectivity index (χ1) is 12.8. The van der Waals surface area contributed by atoms with Crippen LogP contribution in [-0.4, -0.2) is 54.3 Å². The molecule has 0 aromatic heterocycles. The zero-order chi connectivity index (χ0) is 19.9. The Hall–Kier alpha value is -2.18. The quantitative estimate of drug-likeness (QED) is 0.274. The van der Waals surface area contributed by atoms with Crippen molar-refractivity contribution in [2.24, 2.45) is 0 Å². The lowest BCUT2D eigenvalue weighted by atomic mass is 10.1. The Morgan fingerprint density at radius 3 is 2.67 bits per heavy atom. The number of anilines is 1. The molecule has 8 nitrogen and oxygen atoms in total. The summed E-state index contributed by atoms with van der Waals surface area (Å²) in [6.45, 7) is 4.70. The lowest BCUT2D eigenvalue weighted by Crippen LogP contribution is -2.41. The van der Waals surface area contributed by atoms with E-state index in [0.29, 0.717) is 12.6 Å². The van der Waals surface area contributed by atoms with Gasteiger partial charge < -0.3 is 10.1 Å². The van der Waals surface area contributed by atoms with E-state index in [9.17, 15) is 23.3 Å². The second-order valence-electron chi connectivity index (χ2n) is 5.80. The number of hydrogen-bond acceptors (Lipinski definition) is 6. The highest BCUT2D eigenvalue weighted by atomic mass is 32.1. The molecule has 0 amide bonds. The summed E-state index contributed by atoms with van der Waals surface area (Å²) in [5.74, 6) is 0. The first-order valence-electron chi connectivity index (χ1n) is 8.23.